The van der Waals surface area contributed by atoms with E-state index in [4.69, 9.17) is 0 Å². The molecule has 3 atom stereocenters. The van der Waals surface area contributed by atoms with Crippen LogP contribution < -0.4 is 5.32 Å². The molecule has 0 saturated heterocycles. The monoisotopic (exact) mass is 314 g/mol. The van der Waals surface area contributed by atoms with Crippen molar-refractivity contribution in [3.8, 4) is 5.69 Å². The zero-order valence-electron chi connectivity index (χ0n) is 13.2. The first-order chi connectivity index (χ1) is 11.8. The first-order valence-electron chi connectivity index (χ1n) is 8.44. The van der Waals surface area contributed by atoms with Gasteiger partial charge in [-0.1, -0.05) is 42.5 Å². The number of Topliss-reactive ketones (excluding diaryl/α,β-unsaturated/α-hetero) is 1. The summed E-state index contributed by atoms with van der Waals surface area (Å²) in [5.74, 6) is 0.437. The van der Waals surface area contributed by atoms with Gasteiger partial charge in [0, 0.05) is 30.3 Å². The van der Waals surface area contributed by atoms with Crippen molar-refractivity contribution in [2.45, 2.75) is 24.3 Å². The second kappa shape index (κ2) is 5.10. The predicted octanol–water partition coefficient (Wildman–Crippen LogP) is 4.11. The molecule has 3 heteroatoms. The Hall–Kier alpha value is -2.81. The fourth-order valence-corrected chi connectivity index (χ4v) is 4.33. The van der Waals surface area contributed by atoms with Crippen LogP contribution in [-0.4, -0.2) is 16.4 Å². The normalized spacial score (nSPS) is 24.5. The van der Waals surface area contributed by atoms with E-state index in [-0.39, 0.29) is 17.9 Å². The summed E-state index contributed by atoms with van der Waals surface area (Å²) in [4.78, 5) is 12.8. The van der Waals surface area contributed by atoms with E-state index < -0.39 is 0 Å². The summed E-state index contributed by atoms with van der Waals surface area (Å²) in [5.41, 5.74) is 4.59. The summed E-state index contributed by atoms with van der Waals surface area (Å²) in [7, 11) is 0. The van der Waals surface area contributed by atoms with Crippen molar-refractivity contribution < 1.29 is 4.79 Å². The number of rotatable bonds is 1. The van der Waals surface area contributed by atoms with Gasteiger partial charge in [0.25, 0.3) is 0 Å². The molecule has 3 nitrogen and oxygen atoms in total. The van der Waals surface area contributed by atoms with Crippen molar-refractivity contribution in [1.82, 2.24) is 4.57 Å². The number of carbonyl (C=O) groups excluding carboxylic acids is 1. The number of para-hydroxylation sites is 2. The van der Waals surface area contributed by atoms with Gasteiger partial charge in [-0.2, -0.15) is 0 Å². The van der Waals surface area contributed by atoms with E-state index in [1.54, 1.807) is 0 Å². The van der Waals surface area contributed by atoms with Gasteiger partial charge in [-0.05, 0) is 29.8 Å². The lowest BCUT2D eigenvalue weighted by Gasteiger charge is -2.24. The third kappa shape index (κ3) is 1.88. The molecule has 1 N–H and O–H groups in total. The minimum absolute atomic E-state index is 0.0919. The Morgan fingerprint density at radius 1 is 0.917 bits per heavy atom. The largest absolute Gasteiger partial charge is 0.379 e. The van der Waals surface area contributed by atoms with Crippen LogP contribution in [0.3, 0.4) is 0 Å². The van der Waals surface area contributed by atoms with Crippen LogP contribution in [0.4, 0.5) is 5.69 Å². The molecule has 0 bridgehead atoms. The van der Waals surface area contributed by atoms with Crippen molar-refractivity contribution in [3.63, 3.8) is 0 Å². The average Bonchev–Trinajstić information content (AvgIpc) is 3.18. The van der Waals surface area contributed by atoms with Crippen LogP contribution in [0.2, 0.25) is 0 Å². The molecule has 0 amide bonds. The molecule has 1 aliphatic heterocycles. The number of ketones is 1. The molecule has 3 aromatic rings. The molecule has 118 valence electrons. The lowest BCUT2D eigenvalue weighted by atomic mass is 9.89. The molecular formula is C21H18N2O. The minimum atomic E-state index is -0.0919. The van der Waals surface area contributed by atoms with Crippen molar-refractivity contribution in [2.75, 3.05) is 5.32 Å². The summed E-state index contributed by atoms with van der Waals surface area (Å²) in [6.45, 7) is 0. The van der Waals surface area contributed by atoms with E-state index in [9.17, 15) is 4.79 Å². The molecule has 1 aromatic heterocycles. The Labute approximate surface area is 140 Å². The predicted molar refractivity (Wildman–Crippen MR) is 94.7 cm³/mol. The quantitative estimate of drug-likeness (QED) is 0.733. The first-order valence-corrected chi connectivity index (χ1v) is 8.44. The van der Waals surface area contributed by atoms with Crippen LogP contribution in [0, 0.1) is 0 Å². The van der Waals surface area contributed by atoms with Crippen molar-refractivity contribution in [1.29, 1.82) is 0 Å². The zero-order valence-corrected chi connectivity index (χ0v) is 13.2. The number of fused-ring (bicyclic) bond motifs is 5. The smallest absolute Gasteiger partial charge is 0.143 e. The summed E-state index contributed by atoms with van der Waals surface area (Å²) >= 11 is 0. The molecule has 24 heavy (non-hydrogen) atoms. The fraction of sp³-hybridized carbons (Fsp3) is 0.190. The van der Waals surface area contributed by atoms with Gasteiger partial charge in [-0.25, -0.2) is 0 Å². The van der Waals surface area contributed by atoms with Crippen molar-refractivity contribution in [2.24, 2.45) is 0 Å². The van der Waals surface area contributed by atoms with Gasteiger partial charge in [0.15, 0.2) is 0 Å². The lowest BCUT2D eigenvalue weighted by molar-refractivity contribution is -0.118. The van der Waals surface area contributed by atoms with Crippen LogP contribution in [0.25, 0.3) is 5.69 Å². The van der Waals surface area contributed by atoms with E-state index in [0.717, 1.165) is 16.9 Å². The average molecular weight is 314 g/mol. The highest BCUT2D eigenvalue weighted by Gasteiger charge is 2.46. The number of hydrogen-bond acceptors (Lipinski definition) is 2. The van der Waals surface area contributed by atoms with Gasteiger partial charge in [0.05, 0.1) is 17.3 Å². The maximum atomic E-state index is 12.8. The number of anilines is 1. The van der Waals surface area contributed by atoms with Gasteiger partial charge in [0.2, 0.25) is 0 Å². The third-order valence-corrected chi connectivity index (χ3v) is 5.37. The number of hydrogen-bond donors (Lipinski definition) is 1. The van der Waals surface area contributed by atoms with Crippen LogP contribution in [0.5, 0.6) is 0 Å². The highest BCUT2D eigenvalue weighted by atomic mass is 16.1. The summed E-state index contributed by atoms with van der Waals surface area (Å²) < 4.78 is 2.23. The maximum absolute atomic E-state index is 12.8. The van der Waals surface area contributed by atoms with Crippen molar-refractivity contribution in [3.05, 3.63) is 84.2 Å². The molecule has 2 aliphatic rings. The van der Waals surface area contributed by atoms with Crippen LogP contribution in [0.1, 0.15) is 29.5 Å². The molecule has 0 spiro atoms. The molecule has 1 aliphatic carbocycles. The van der Waals surface area contributed by atoms with E-state index >= 15 is 0 Å². The highest BCUT2D eigenvalue weighted by Crippen LogP contribution is 2.46. The summed E-state index contributed by atoms with van der Waals surface area (Å²) in [6.07, 6.45) is 2.69. The van der Waals surface area contributed by atoms with E-state index in [1.807, 2.05) is 24.3 Å². The number of carbonyl (C=O) groups is 1. The summed E-state index contributed by atoms with van der Waals surface area (Å²) in [6, 6.07) is 22.8. The van der Waals surface area contributed by atoms with Gasteiger partial charge < -0.3 is 9.88 Å². The van der Waals surface area contributed by atoms with Gasteiger partial charge >= 0.3 is 0 Å². The first kappa shape index (κ1) is 13.6. The highest BCUT2D eigenvalue weighted by molar-refractivity contribution is 5.91. The fourth-order valence-electron chi connectivity index (χ4n) is 4.33. The number of nitrogens with zero attached hydrogens (tertiary/aromatic N) is 1. The zero-order chi connectivity index (χ0) is 16.1. The summed E-state index contributed by atoms with van der Waals surface area (Å²) in [5, 5.41) is 3.69. The van der Waals surface area contributed by atoms with E-state index in [2.05, 4.69) is 58.5 Å². The molecule has 0 radical (unpaired) electrons. The Morgan fingerprint density at radius 3 is 2.58 bits per heavy atom. The third-order valence-electron chi connectivity index (χ3n) is 5.37. The molecule has 2 heterocycles. The van der Waals surface area contributed by atoms with Gasteiger partial charge in [-0.3, -0.25) is 4.79 Å². The Kier molecular flexibility index (Phi) is 2.89. The number of aromatic nitrogens is 1. The standard InChI is InChI=1S/C21H18N2O/c24-19-13-15-17-11-6-12-23(17)18-10-5-4-9-16(18)22-21(15)20(19)14-7-2-1-3-8-14/h1-12,15,20-22H,13H2. The molecule has 1 fully saturated rings. The maximum Gasteiger partial charge on any atom is 0.143 e. The Morgan fingerprint density at radius 2 is 1.71 bits per heavy atom. The molecule has 5 rings (SSSR count). The topological polar surface area (TPSA) is 34.0 Å². The molecule has 3 unspecified atom stereocenters. The molecule has 1 saturated carbocycles. The van der Waals surface area contributed by atoms with E-state index in [0.29, 0.717) is 12.2 Å². The second-order valence-electron chi connectivity index (χ2n) is 6.66. The second-order valence-corrected chi connectivity index (χ2v) is 6.66. The van der Waals surface area contributed by atoms with Crippen LogP contribution >= 0.6 is 0 Å². The van der Waals surface area contributed by atoms with Gasteiger partial charge in [0.1, 0.15) is 5.78 Å². The van der Waals surface area contributed by atoms with Crippen molar-refractivity contribution >= 4 is 11.5 Å². The van der Waals surface area contributed by atoms with E-state index in [1.165, 1.54) is 5.69 Å². The molecular weight excluding hydrogens is 296 g/mol. The van der Waals surface area contributed by atoms with Gasteiger partial charge in [-0.15, -0.1) is 0 Å². The lowest BCUT2D eigenvalue weighted by Crippen LogP contribution is -2.28. The number of benzene rings is 2. The number of nitrogens with one attached hydrogen (secondary N) is 1. The minimum Gasteiger partial charge on any atom is -0.379 e. The molecule has 2 aromatic carbocycles. The SMILES string of the molecule is O=C1CC2c3cccn3-c3ccccc3NC2C1c1ccccc1. The Bertz CT molecular complexity index is 912. The van der Waals surface area contributed by atoms with Crippen LogP contribution in [-0.2, 0) is 4.79 Å². The Balaban J connectivity index is 1.69. The van der Waals surface area contributed by atoms with Crippen LogP contribution in [0.15, 0.2) is 72.9 Å².